The standard InChI is InChI=1S/C21H31N3O2/c1-15(2)14-26-19-8-6-18(7-9-19)12-13-22-21(25)11-10-20-16(3)23-24(5)17(20)4/h6-9,15H,10-14H2,1-5H3,(H,22,25). The molecule has 5 heteroatoms. The van der Waals surface area contributed by atoms with Crippen molar-refractivity contribution in [2.45, 2.75) is 47.0 Å². The van der Waals surface area contributed by atoms with Gasteiger partial charge in [-0.15, -0.1) is 0 Å². The molecule has 1 aromatic carbocycles. The molecule has 0 aliphatic rings. The van der Waals surface area contributed by atoms with Crippen LogP contribution in [0.3, 0.4) is 0 Å². The van der Waals surface area contributed by atoms with Crippen molar-refractivity contribution < 1.29 is 9.53 Å². The van der Waals surface area contributed by atoms with Gasteiger partial charge in [-0.3, -0.25) is 9.48 Å². The summed E-state index contributed by atoms with van der Waals surface area (Å²) < 4.78 is 7.56. The fourth-order valence-electron chi connectivity index (χ4n) is 2.87. The Morgan fingerprint density at radius 3 is 2.46 bits per heavy atom. The summed E-state index contributed by atoms with van der Waals surface area (Å²) in [6, 6.07) is 8.11. The van der Waals surface area contributed by atoms with Crippen molar-refractivity contribution in [1.82, 2.24) is 15.1 Å². The van der Waals surface area contributed by atoms with Crippen LogP contribution in [0, 0.1) is 19.8 Å². The van der Waals surface area contributed by atoms with E-state index in [4.69, 9.17) is 4.74 Å². The second kappa shape index (κ2) is 9.41. The highest BCUT2D eigenvalue weighted by molar-refractivity contribution is 5.76. The van der Waals surface area contributed by atoms with E-state index in [0.717, 1.165) is 36.6 Å². The highest BCUT2D eigenvalue weighted by Crippen LogP contribution is 2.15. The summed E-state index contributed by atoms with van der Waals surface area (Å²) >= 11 is 0. The molecule has 5 nitrogen and oxygen atoms in total. The third-order valence-corrected chi connectivity index (χ3v) is 4.50. The molecule has 0 aliphatic carbocycles. The number of hydrogen-bond donors (Lipinski definition) is 1. The van der Waals surface area contributed by atoms with E-state index in [2.05, 4.69) is 36.4 Å². The Morgan fingerprint density at radius 2 is 1.88 bits per heavy atom. The largest absolute Gasteiger partial charge is 0.493 e. The van der Waals surface area contributed by atoms with Gasteiger partial charge in [-0.25, -0.2) is 0 Å². The minimum Gasteiger partial charge on any atom is -0.493 e. The summed E-state index contributed by atoms with van der Waals surface area (Å²) in [6.07, 6.45) is 2.05. The second-order valence-corrected chi connectivity index (χ2v) is 7.22. The lowest BCUT2D eigenvalue weighted by Crippen LogP contribution is -2.26. The fourth-order valence-corrected chi connectivity index (χ4v) is 2.87. The number of nitrogens with zero attached hydrogens (tertiary/aromatic N) is 2. The first-order chi connectivity index (χ1) is 12.4. The quantitative estimate of drug-likeness (QED) is 0.749. The molecule has 142 valence electrons. The van der Waals surface area contributed by atoms with Crippen LogP contribution < -0.4 is 10.1 Å². The van der Waals surface area contributed by atoms with Crippen molar-refractivity contribution in [1.29, 1.82) is 0 Å². The zero-order valence-electron chi connectivity index (χ0n) is 16.6. The minimum absolute atomic E-state index is 0.0875. The smallest absolute Gasteiger partial charge is 0.220 e. The molecule has 1 aromatic heterocycles. The van der Waals surface area contributed by atoms with Gasteiger partial charge in [0.1, 0.15) is 5.75 Å². The summed E-state index contributed by atoms with van der Waals surface area (Å²) in [5.41, 5.74) is 4.52. The van der Waals surface area contributed by atoms with Crippen LogP contribution in [-0.4, -0.2) is 28.8 Å². The normalized spacial score (nSPS) is 11.0. The number of nitrogens with one attached hydrogen (secondary N) is 1. The van der Waals surface area contributed by atoms with Gasteiger partial charge in [0.15, 0.2) is 0 Å². The molecule has 1 amide bonds. The lowest BCUT2D eigenvalue weighted by Gasteiger charge is -2.09. The molecule has 0 saturated carbocycles. The SMILES string of the molecule is Cc1nn(C)c(C)c1CCC(=O)NCCc1ccc(OCC(C)C)cc1. The number of carbonyl (C=O) groups excluding carboxylic acids is 1. The van der Waals surface area contributed by atoms with Crippen molar-refractivity contribution in [2.24, 2.45) is 13.0 Å². The first kappa shape index (κ1) is 20.0. The Labute approximate surface area is 156 Å². The lowest BCUT2D eigenvalue weighted by atomic mass is 10.1. The van der Waals surface area contributed by atoms with Crippen LogP contribution >= 0.6 is 0 Å². The number of ether oxygens (including phenoxy) is 1. The molecular formula is C21H31N3O2. The average molecular weight is 357 g/mol. The van der Waals surface area contributed by atoms with E-state index < -0.39 is 0 Å². The van der Waals surface area contributed by atoms with E-state index >= 15 is 0 Å². The highest BCUT2D eigenvalue weighted by atomic mass is 16.5. The van der Waals surface area contributed by atoms with Crippen LogP contribution in [-0.2, 0) is 24.7 Å². The second-order valence-electron chi connectivity index (χ2n) is 7.22. The molecule has 2 rings (SSSR count). The molecule has 0 aliphatic heterocycles. The summed E-state index contributed by atoms with van der Waals surface area (Å²) in [5, 5.41) is 7.40. The van der Waals surface area contributed by atoms with Crippen molar-refractivity contribution in [3.05, 3.63) is 46.8 Å². The minimum atomic E-state index is 0.0875. The number of amides is 1. The Hall–Kier alpha value is -2.30. The zero-order chi connectivity index (χ0) is 19.1. The summed E-state index contributed by atoms with van der Waals surface area (Å²) in [5.74, 6) is 1.50. The first-order valence-corrected chi connectivity index (χ1v) is 9.34. The zero-order valence-corrected chi connectivity index (χ0v) is 16.6. The van der Waals surface area contributed by atoms with E-state index in [1.165, 1.54) is 11.1 Å². The van der Waals surface area contributed by atoms with Crippen molar-refractivity contribution >= 4 is 5.91 Å². The topological polar surface area (TPSA) is 56.2 Å². The van der Waals surface area contributed by atoms with Gasteiger partial charge in [0.05, 0.1) is 12.3 Å². The Balaban J connectivity index is 1.71. The summed E-state index contributed by atoms with van der Waals surface area (Å²) in [6.45, 7) is 9.68. The number of aryl methyl sites for hydroxylation is 2. The van der Waals surface area contributed by atoms with Gasteiger partial charge in [-0.1, -0.05) is 26.0 Å². The third-order valence-electron chi connectivity index (χ3n) is 4.50. The Kier molecular flexibility index (Phi) is 7.25. The van der Waals surface area contributed by atoms with E-state index in [1.807, 2.05) is 37.7 Å². The number of aromatic nitrogens is 2. The van der Waals surface area contributed by atoms with Gasteiger partial charge in [-0.05, 0) is 55.9 Å². The van der Waals surface area contributed by atoms with E-state index in [9.17, 15) is 4.79 Å². The maximum Gasteiger partial charge on any atom is 0.220 e. The number of hydrogen-bond acceptors (Lipinski definition) is 3. The number of rotatable bonds is 9. The predicted octanol–water partition coefficient (Wildman–Crippen LogP) is 3.36. The molecule has 0 bridgehead atoms. The van der Waals surface area contributed by atoms with Crippen molar-refractivity contribution in [3.8, 4) is 5.75 Å². The van der Waals surface area contributed by atoms with Crippen LogP contribution in [0.5, 0.6) is 5.75 Å². The number of benzene rings is 1. The van der Waals surface area contributed by atoms with E-state index in [-0.39, 0.29) is 5.91 Å². The van der Waals surface area contributed by atoms with Gasteiger partial charge in [0.2, 0.25) is 5.91 Å². The van der Waals surface area contributed by atoms with Crippen LogP contribution in [0.1, 0.15) is 42.8 Å². The van der Waals surface area contributed by atoms with Crippen molar-refractivity contribution in [3.63, 3.8) is 0 Å². The van der Waals surface area contributed by atoms with Crippen LogP contribution in [0.15, 0.2) is 24.3 Å². The highest BCUT2D eigenvalue weighted by Gasteiger charge is 2.11. The van der Waals surface area contributed by atoms with Gasteiger partial charge in [0, 0.05) is 25.7 Å². The molecule has 0 spiro atoms. The molecule has 0 fully saturated rings. The van der Waals surface area contributed by atoms with E-state index in [1.54, 1.807) is 0 Å². The molecule has 0 atom stereocenters. The molecule has 1 heterocycles. The van der Waals surface area contributed by atoms with Gasteiger partial charge in [-0.2, -0.15) is 5.10 Å². The van der Waals surface area contributed by atoms with E-state index in [0.29, 0.717) is 18.9 Å². The fraction of sp³-hybridized carbons (Fsp3) is 0.524. The maximum absolute atomic E-state index is 12.1. The van der Waals surface area contributed by atoms with Crippen LogP contribution in [0.4, 0.5) is 0 Å². The maximum atomic E-state index is 12.1. The molecule has 2 aromatic rings. The van der Waals surface area contributed by atoms with Crippen molar-refractivity contribution in [2.75, 3.05) is 13.2 Å². The van der Waals surface area contributed by atoms with Gasteiger partial charge < -0.3 is 10.1 Å². The Morgan fingerprint density at radius 1 is 1.19 bits per heavy atom. The molecule has 26 heavy (non-hydrogen) atoms. The number of carbonyl (C=O) groups is 1. The molecular weight excluding hydrogens is 326 g/mol. The first-order valence-electron chi connectivity index (χ1n) is 9.34. The lowest BCUT2D eigenvalue weighted by molar-refractivity contribution is -0.121. The van der Waals surface area contributed by atoms with Gasteiger partial charge >= 0.3 is 0 Å². The average Bonchev–Trinajstić information content (AvgIpc) is 2.84. The van der Waals surface area contributed by atoms with Gasteiger partial charge in [0.25, 0.3) is 0 Å². The monoisotopic (exact) mass is 357 g/mol. The molecule has 0 radical (unpaired) electrons. The Bertz CT molecular complexity index is 718. The molecule has 0 saturated heterocycles. The predicted molar refractivity (Wildman–Crippen MR) is 104 cm³/mol. The third kappa shape index (κ3) is 5.90. The summed E-state index contributed by atoms with van der Waals surface area (Å²) in [4.78, 5) is 12.1. The molecule has 1 N–H and O–H groups in total. The van der Waals surface area contributed by atoms with Crippen LogP contribution in [0.25, 0.3) is 0 Å². The molecule has 0 unspecified atom stereocenters. The summed E-state index contributed by atoms with van der Waals surface area (Å²) in [7, 11) is 1.94. The van der Waals surface area contributed by atoms with Crippen LogP contribution in [0.2, 0.25) is 0 Å².